The summed E-state index contributed by atoms with van der Waals surface area (Å²) in [5.74, 6) is 0.119. The molecule has 0 aliphatic carbocycles. The van der Waals surface area contributed by atoms with Crippen LogP contribution in [0.15, 0.2) is 30.3 Å². The van der Waals surface area contributed by atoms with Crippen LogP contribution in [0.3, 0.4) is 0 Å². The SMILES string of the molecule is NCCC(=O)N1CCC(C(=O)Nc2ccccc2)CC1. The number of nitrogens with zero attached hydrogens (tertiary/aromatic N) is 1. The number of anilines is 1. The summed E-state index contributed by atoms with van der Waals surface area (Å²) in [6, 6.07) is 9.44. The highest BCUT2D eigenvalue weighted by Crippen LogP contribution is 2.19. The van der Waals surface area contributed by atoms with E-state index < -0.39 is 0 Å². The van der Waals surface area contributed by atoms with E-state index in [-0.39, 0.29) is 17.7 Å². The van der Waals surface area contributed by atoms with Crippen molar-refractivity contribution >= 4 is 17.5 Å². The number of para-hydroxylation sites is 1. The average molecular weight is 275 g/mol. The van der Waals surface area contributed by atoms with Crippen molar-refractivity contribution in [1.82, 2.24) is 4.90 Å². The first-order valence-electron chi connectivity index (χ1n) is 7.04. The topological polar surface area (TPSA) is 75.4 Å². The highest BCUT2D eigenvalue weighted by atomic mass is 16.2. The van der Waals surface area contributed by atoms with Crippen molar-refractivity contribution in [3.63, 3.8) is 0 Å². The van der Waals surface area contributed by atoms with Crippen molar-refractivity contribution in [3.8, 4) is 0 Å². The van der Waals surface area contributed by atoms with Gasteiger partial charge >= 0.3 is 0 Å². The van der Waals surface area contributed by atoms with Crippen molar-refractivity contribution in [1.29, 1.82) is 0 Å². The zero-order valence-electron chi connectivity index (χ0n) is 11.5. The Labute approximate surface area is 119 Å². The minimum atomic E-state index is -0.0165. The monoisotopic (exact) mass is 275 g/mol. The van der Waals surface area contributed by atoms with Crippen LogP contribution in [0, 0.1) is 5.92 Å². The van der Waals surface area contributed by atoms with Gasteiger partial charge in [0.1, 0.15) is 0 Å². The lowest BCUT2D eigenvalue weighted by molar-refractivity contribution is -0.134. The molecule has 1 aromatic carbocycles. The van der Waals surface area contributed by atoms with Crippen LogP contribution in [-0.4, -0.2) is 36.3 Å². The van der Waals surface area contributed by atoms with E-state index in [1.165, 1.54) is 0 Å². The number of piperidine rings is 1. The van der Waals surface area contributed by atoms with Crippen molar-refractivity contribution in [2.24, 2.45) is 11.7 Å². The van der Waals surface area contributed by atoms with Gasteiger partial charge in [-0.05, 0) is 25.0 Å². The number of amides is 2. The molecule has 1 saturated heterocycles. The standard InChI is InChI=1S/C15H21N3O2/c16-9-6-14(19)18-10-7-12(8-11-18)15(20)17-13-4-2-1-3-5-13/h1-5,12H,6-11,16H2,(H,17,20). The molecule has 1 aliphatic heterocycles. The normalized spacial score (nSPS) is 15.9. The van der Waals surface area contributed by atoms with Crippen molar-refractivity contribution in [3.05, 3.63) is 30.3 Å². The van der Waals surface area contributed by atoms with Crippen LogP contribution in [0.4, 0.5) is 5.69 Å². The Morgan fingerprint density at radius 3 is 2.45 bits per heavy atom. The van der Waals surface area contributed by atoms with E-state index in [0.717, 1.165) is 18.5 Å². The molecule has 108 valence electrons. The number of hydrogen-bond donors (Lipinski definition) is 2. The maximum atomic E-state index is 12.1. The third-order valence-corrected chi connectivity index (χ3v) is 3.62. The molecule has 1 fully saturated rings. The molecule has 1 aromatic rings. The number of likely N-dealkylation sites (tertiary alicyclic amines) is 1. The summed E-state index contributed by atoms with van der Waals surface area (Å²) in [5.41, 5.74) is 6.20. The molecule has 1 heterocycles. The Morgan fingerprint density at radius 1 is 1.20 bits per heavy atom. The lowest BCUT2D eigenvalue weighted by Crippen LogP contribution is -2.42. The van der Waals surface area contributed by atoms with Crippen LogP contribution in [-0.2, 0) is 9.59 Å². The molecule has 0 aromatic heterocycles. The molecule has 3 N–H and O–H groups in total. The van der Waals surface area contributed by atoms with E-state index in [9.17, 15) is 9.59 Å². The van der Waals surface area contributed by atoms with Gasteiger partial charge in [0, 0.05) is 37.7 Å². The molecule has 2 rings (SSSR count). The first kappa shape index (κ1) is 14.5. The number of nitrogens with one attached hydrogen (secondary N) is 1. The Balaban J connectivity index is 1.81. The zero-order chi connectivity index (χ0) is 14.4. The molecule has 0 saturated carbocycles. The third kappa shape index (κ3) is 3.81. The van der Waals surface area contributed by atoms with Gasteiger partial charge in [-0.1, -0.05) is 18.2 Å². The Bertz CT molecular complexity index is 453. The molecule has 1 aliphatic rings. The van der Waals surface area contributed by atoms with Crippen LogP contribution < -0.4 is 11.1 Å². The number of hydrogen-bond acceptors (Lipinski definition) is 3. The second-order valence-electron chi connectivity index (χ2n) is 5.05. The van der Waals surface area contributed by atoms with Gasteiger partial charge in [-0.25, -0.2) is 0 Å². The van der Waals surface area contributed by atoms with E-state index in [4.69, 9.17) is 5.73 Å². The van der Waals surface area contributed by atoms with Crippen LogP contribution in [0.2, 0.25) is 0 Å². The molecular formula is C15H21N3O2. The third-order valence-electron chi connectivity index (χ3n) is 3.62. The molecule has 0 atom stereocenters. The number of nitrogens with two attached hydrogens (primary N) is 1. The molecule has 5 nitrogen and oxygen atoms in total. The summed E-state index contributed by atoms with van der Waals surface area (Å²) in [6.45, 7) is 1.67. The fourth-order valence-electron chi connectivity index (χ4n) is 2.44. The maximum absolute atomic E-state index is 12.1. The van der Waals surface area contributed by atoms with Gasteiger partial charge in [-0.2, -0.15) is 0 Å². The molecule has 0 bridgehead atoms. The molecule has 5 heteroatoms. The predicted molar refractivity (Wildman–Crippen MR) is 78.0 cm³/mol. The fourth-order valence-corrected chi connectivity index (χ4v) is 2.44. The van der Waals surface area contributed by atoms with Crippen molar-refractivity contribution < 1.29 is 9.59 Å². The van der Waals surface area contributed by atoms with Gasteiger partial charge in [0.05, 0.1) is 0 Å². The molecule has 0 spiro atoms. The van der Waals surface area contributed by atoms with Gasteiger partial charge < -0.3 is 16.0 Å². The first-order valence-corrected chi connectivity index (χ1v) is 7.04. The molecule has 2 amide bonds. The first-order chi connectivity index (χ1) is 9.70. The summed E-state index contributed by atoms with van der Waals surface area (Å²) in [7, 11) is 0. The molecular weight excluding hydrogens is 254 g/mol. The van der Waals surface area contributed by atoms with Gasteiger partial charge in [-0.3, -0.25) is 9.59 Å². The second-order valence-corrected chi connectivity index (χ2v) is 5.05. The number of carbonyl (C=O) groups excluding carboxylic acids is 2. The van der Waals surface area contributed by atoms with Gasteiger partial charge in [-0.15, -0.1) is 0 Å². The van der Waals surface area contributed by atoms with Crippen LogP contribution in [0.1, 0.15) is 19.3 Å². The molecule has 0 radical (unpaired) electrons. The van der Waals surface area contributed by atoms with E-state index >= 15 is 0 Å². The minimum Gasteiger partial charge on any atom is -0.343 e. The average Bonchev–Trinajstić information content (AvgIpc) is 2.48. The van der Waals surface area contributed by atoms with Gasteiger partial charge in [0.25, 0.3) is 0 Å². The highest BCUT2D eigenvalue weighted by molar-refractivity contribution is 5.92. The van der Waals surface area contributed by atoms with Gasteiger partial charge in [0.15, 0.2) is 0 Å². The van der Waals surface area contributed by atoms with Crippen LogP contribution in [0.25, 0.3) is 0 Å². The van der Waals surface area contributed by atoms with E-state index in [0.29, 0.717) is 26.1 Å². The second kappa shape index (κ2) is 7.05. The fraction of sp³-hybridized carbons (Fsp3) is 0.467. The zero-order valence-corrected chi connectivity index (χ0v) is 11.5. The summed E-state index contributed by atoms with van der Waals surface area (Å²) >= 11 is 0. The number of carbonyl (C=O) groups is 2. The van der Waals surface area contributed by atoms with E-state index in [1.54, 1.807) is 4.90 Å². The highest BCUT2D eigenvalue weighted by Gasteiger charge is 2.26. The smallest absolute Gasteiger partial charge is 0.227 e. The largest absolute Gasteiger partial charge is 0.343 e. The predicted octanol–water partition coefficient (Wildman–Crippen LogP) is 1.21. The summed E-state index contributed by atoms with van der Waals surface area (Å²) in [6.07, 6.45) is 1.82. The van der Waals surface area contributed by atoms with E-state index in [2.05, 4.69) is 5.32 Å². The summed E-state index contributed by atoms with van der Waals surface area (Å²) in [5, 5.41) is 2.92. The minimum absolute atomic E-state index is 0.0165. The van der Waals surface area contributed by atoms with E-state index in [1.807, 2.05) is 30.3 Å². The van der Waals surface area contributed by atoms with Crippen LogP contribution >= 0.6 is 0 Å². The van der Waals surface area contributed by atoms with Crippen molar-refractivity contribution in [2.75, 3.05) is 25.0 Å². The quantitative estimate of drug-likeness (QED) is 0.867. The maximum Gasteiger partial charge on any atom is 0.227 e. The van der Waals surface area contributed by atoms with Gasteiger partial charge in [0.2, 0.25) is 11.8 Å². The summed E-state index contributed by atoms with van der Waals surface area (Å²) < 4.78 is 0. The van der Waals surface area contributed by atoms with Crippen molar-refractivity contribution in [2.45, 2.75) is 19.3 Å². The number of benzene rings is 1. The molecule has 0 unspecified atom stereocenters. The number of rotatable bonds is 4. The molecule has 20 heavy (non-hydrogen) atoms. The lowest BCUT2D eigenvalue weighted by Gasteiger charge is -2.31. The Hall–Kier alpha value is -1.88. The van der Waals surface area contributed by atoms with Crippen LogP contribution in [0.5, 0.6) is 0 Å². The Kier molecular flexibility index (Phi) is 5.12. The summed E-state index contributed by atoms with van der Waals surface area (Å²) in [4.78, 5) is 25.7. The Morgan fingerprint density at radius 2 is 1.85 bits per heavy atom. The lowest BCUT2D eigenvalue weighted by atomic mass is 9.95.